The Morgan fingerprint density at radius 3 is 2.19 bits per heavy atom. The molecule has 0 saturated carbocycles. The molecule has 1 amide bonds. The number of carbonyl (C=O) groups excluding carboxylic acids is 1. The van der Waals surface area contributed by atoms with Crippen molar-refractivity contribution < 1.29 is 9.18 Å². The maximum absolute atomic E-state index is 13.9. The number of nitrogens with zero attached hydrogens (tertiary/aromatic N) is 1. The van der Waals surface area contributed by atoms with E-state index in [2.05, 4.69) is 6.07 Å². The summed E-state index contributed by atoms with van der Waals surface area (Å²) in [7, 11) is 1.61. The Balaban J connectivity index is 2.19. The fourth-order valence-corrected chi connectivity index (χ4v) is 2.48. The van der Waals surface area contributed by atoms with Crippen molar-refractivity contribution in [1.29, 1.82) is 0 Å². The Morgan fingerprint density at radius 1 is 1.00 bits per heavy atom. The lowest BCUT2D eigenvalue weighted by Crippen LogP contribution is -2.28. The topological polar surface area (TPSA) is 20.3 Å². The van der Waals surface area contributed by atoms with Gasteiger partial charge in [-0.2, -0.15) is 0 Å². The zero-order valence-electron chi connectivity index (χ0n) is 12.9. The second-order valence-corrected chi connectivity index (χ2v) is 5.58. The van der Waals surface area contributed by atoms with Gasteiger partial charge in [0.25, 0.3) is 0 Å². The minimum Gasteiger partial charge on any atom is -0.313 e. The molecule has 110 valence electrons. The van der Waals surface area contributed by atoms with Gasteiger partial charge in [-0.05, 0) is 44.0 Å². The minimum atomic E-state index is -0.369. The molecule has 0 spiro atoms. The van der Waals surface area contributed by atoms with E-state index in [0.717, 1.165) is 22.3 Å². The summed E-state index contributed by atoms with van der Waals surface area (Å²) in [5.74, 6) is -0.492. The average molecular weight is 285 g/mol. The highest BCUT2D eigenvalue weighted by Crippen LogP contribution is 2.20. The lowest BCUT2D eigenvalue weighted by atomic mass is 10.0. The fourth-order valence-electron chi connectivity index (χ4n) is 2.48. The summed E-state index contributed by atoms with van der Waals surface area (Å²) in [6.07, 6.45) is 0.270. The van der Waals surface area contributed by atoms with Gasteiger partial charge >= 0.3 is 0 Å². The van der Waals surface area contributed by atoms with Crippen molar-refractivity contribution in [1.82, 2.24) is 0 Å². The number of carbonyl (C=O) groups is 1. The van der Waals surface area contributed by atoms with Gasteiger partial charge in [-0.1, -0.05) is 35.4 Å². The average Bonchev–Trinajstić information content (AvgIpc) is 2.36. The molecule has 0 N–H and O–H groups in total. The molecule has 0 fully saturated rings. The van der Waals surface area contributed by atoms with Crippen LogP contribution in [0.2, 0.25) is 0 Å². The summed E-state index contributed by atoms with van der Waals surface area (Å²) in [5, 5.41) is 0. The molecule has 2 aromatic rings. The standard InChI is InChI=1S/C18H20FNO/c1-12-5-6-17(16(19)10-12)20(4)18(21)11-15-8-13(2)7-14(3)9-15/h5-10H,11H2,1-4H3. The van der Waals surface area contributed by atoms with Crippen LogP contribution in [-0.4, -0.2) is 13.0 Å². The number of anilines is 1. The summed E-state index contributed by atoms with van der Waals surface area (Å²) in [6, 6.07) is 10.9. The van der Waals surface area contributed by atoms with Crippen LogP contribution < -0.4 is 4.90 Å². The number of rotatable bonds is 3. The molecule has 0 saturated heterocycles. The van der Waals surface area contributed by atoms with E-state index >= 15 is 0 Å². The van der Waals surface area contributed by atoms with Crippen LogP contribution in [-0.2, 0) is 11.2 Å². The largest absolute Gasteiger partial charge is 0.313 e. The Hall–Kier alpha value is -2.16. The zero-order chi connectivity index (χ0) is 15.6. The van der Waals surface area contributed by atoms with Gasteiger partial charge in [-0.15, -0.1) is 0 Å². The first-order valence-corrected chi connectivity index (χ1v) is 6.96. The molecule has 0 unspecified atom stereocenters. The van der Waals surface area contributed by atoms with Crippen LogP contribution in [0.1, 0.15) is 22.3 Å². The van der Waals surface area contributed by atoms with E-state index in [1.165, 1.54) is 11.0 Å². The molecule has 3 heteroatoms. The van der Waals surface area contributed by atoms with Gasteiger partial charge in [0.1, 0.15) is 5.82 Å². The molecule has 0 radical (unpaired) electrons. The van der Waals surface area contributed by atoms with Crippen molar-refractivity contribution in [2.45, 2.75) is 27.2 Å². The Labute approximate surface area is 125 Å². The smallest absolute Gasteiger partial charge is 0.231 e. The van der Waals surface area contributed by atoms with Crippen molar-refractivity contribution in [3.63, 3.8) is 0 Å². The molecule has 0 heterocycles. The summed E-state index contributed by atoms with van der Waals surface area (Å²) < 4.78 is 13.9. The van der Waals surface area contributed by atoms with Gasteiger partial charge in [0.15, 0.2) is 0 Å². The van der Waals surface area contributed by atoms with Crippen molar-refractivity contribution >= 4 is 11.6 Å². The normalized spacial score (nSPS) is 10.5. The number of likely N-dealkylation sites (N-methyl/N-ethyl adjacent to an activating group) is 1. The van der Waals surface area contributed by atoms with E-state index in [4.69, 9.17) is 0 Å². The van der Waals surface area contributed by atoms with E-state index in [-0.39, 0.29) is 18.1 Å². The molecular weight excluding hydrogens is 265 g/mol. The highest BCUT2D eigenvalue weighted by molar-refractivity contribution is 5.94. The quantitative estimate of drug-likeness (QED) is 0.836. The van der Waals surface area contributed by atoms with E-state index < -0.39 is 0 Å². The maximum Gasteiger partial charge on any atom is 0.231 e. The van der Waals surface area contributed by atoms with Crippen LogP contribution >= 0.6 is 0 Å². The lowest BCUT2D eigenvalue weighted by Gasteiger charge is -2.18. The fraction of sp³-hybridized carbons (Fsp3) is 0.278. The molecule has 21 heavy (non-hydrogen) atoms. The zero-order valence-corrected chi connectivity index (χ0v) is 12.9. The monoisotopic (exact) mass is 285 g/mol. The maximum atomic E-state index is 13.9. The molecule has 2 nitrogen and oxygen atoms in total. The second kappa shape index (κ2) is 6.08. The number of hydrogen-bond donors (Lipinski definition) is 0. The van der Waals surface area contributed by atoms with Crippen molar-refractivity contribution in [2.75, 3.05) is 11.9 Å². The van der Waals surface area contributed by atoms with E-state index in [0.29, 0.717) is 5.69 Å². The summed E-state index contributed by atoms with van der Waals surface area (Å²) in [5.41, 5.74) is 4.36. The highest BCUT2D eigenvalue weighted by Gasteiger charge is 2.15. The molecule has 0 aliphatic rings. The number of amides is 1. The third kappa shape index (κ3) is 3.69. The van der Waals surface area contributed by atoms with E-state index in [1.54, 1.807) is 19.2 Å². The first-order chi connectivity index (χ1) is 9.86. The van der Waals surface area contributed by atoms with Gasteiger partial charge in [-0.25, -0.2) is 4.39 Å². The summed E-state index contributed by atoms with van der Waals surface area (Å²) in [6.45, 7) is 5.83. The van der Waals surface area contributed by atoms with E-state index in [1.807, 2.05) is 32.9 Å². The van der Waals surface area contributed by atoms with Gasteiger partial charge in [0.05, 0.1) is 12.1 Å². The Kier molecular flexibility index (Phi) is 4.41. The summed E-state index contributed by atoms with van der Waals surface area (Å²) in [4.78, 5) is 13.7. The lowest BCUT2D eigenvalue weighted by molar-refractivity contribution is -0.117. The predicted molar refractivity (Wildman–Crippen MR) is 84.2 cm³/mol. The molecule has 2 aromatic carbocycles. The molecule has 0 bridgehead atoms. The highest BCUT2D eigenvalue weighted by atomic mass is 19.1. The first-order valence-electron chi connectivity index (χ1n) is 6.96. The molecular formula is C18H20FNO. The van der Waals surface area contributed by atoms with Crippen molar-refractivity contribution in [2.24, 2.45) is 0 Å². The first kappa shape index (κ1) is 15.2. The Bertz CT molecular complexity index is 659. The van der Waals surface area contributed by atoms with Crippen LogP contribution in [0.3, 0.4) is 0 Å². The van der Waals surface area contributed by atoms with Crippen LogP contribution in [0.15, 0.2) is 36.4 Å². The van der Waals surface area contributed by atoms with Crippen LogP contribution in [0, 0.1) is 26.6 Å². The van der Waals surface area contributed by atoms with Gasteiger partial charge < -0.3 is 4.90 Å². The van der Waals surface area contributed by atoms with Gasteiger partial charge in [-0.3, -0.25) is 4.79 Å². The molecule has 2 rings (SSSR count). The molecule has 0 aromatic heterocycles. The number of hydrogen-bond acceptors (Lipinski definition) is 1. The Morgan fingerprint density at radius 2 is 1.62 bits per heavy atom. The van der Waals surface area contributed by atoms with Crippen LogP contribution in [0.25, 0.3) is 0 Å². The predicted octanol–water partition coefficient (Wildman–Crippen LogP) is 3.96. The van der Waals surface area contributed by atoms with Gasteiger partial charge in [0.2, 0.25) is 5.91 Å². The molecule has 0 atom stereocenters. The van der Waals surface area contributed by atoms with Crippen LogP contribution in [0.4, 0.5) is 10.1 Å². The van der Waals surface area contributed by atoms with Gasteiger partial charge in [0, 0.05) is 7.05 Å². The number of benzene rings is 2. The number of halogens is 1. The van der Waals surface area contributed by atoms with Crippen LogP contribution in [0.5, 0.6) is 0 Å². The molecule has 0 aliphatic carbocycles. The van der Waals surface area contributed by atoms with Crippen molar-refractivity contribution in [3.8, 4) is 0 Å². The van der Waals surface area contributed by atoms with Crippen molar-refractivity contribution in [3.05, 3.63) is 64.5 Å². The minimum absolute atomic E-state index is 0.122. The third-order valence-electron chi connectivity index (χ3n) is 3.48. The SMILES string of the molecule is Cc1cc(C)cc(CC(=O)N(C)c2ccc(C)cc2F)c1. The van der Waals surface area contributed by atoms with E-state index in [9.17, 15) is 9.18 Å². The second-order valence-electron chi connectivity index (χ2n) is 5.58. The summed E-state index contributed by atoms with van der Waals surface area (Å²) >= 11 is 0. The third-order valence-corrected chi connectivity index (χ3v) is 3.48. The number of aryl methyl sites for hydroxylation is 3. The molecule has 0 aliphatic heterocycles.